The van der Waals surface area contributed by atoms with Gasteiger partial charge in [-0.15, -0.1) is 10.2 Å². The molecule has 3 aromatic rings. The van der Waals surface area contributed by atoms with Crippen LogP contribution in [0.4, 0.5) is 5.69 Å². The van der Waals surface area contributed by atoms with Crippen LogP contribution in [0.5, 0.6) is 11.6 Å². The van der Waals surface area contributed by atoms with Crippen LogP contribution in [0.15, 0.2) is 57.2 Å². The van der Waals surface area contributed by atoms with Crippen molar-refractivity contribution in [3.05, 3.63) is 52.5 Å². The molecule has 0 bridgehead atoms. The third kappa shape index (κ3) is 6.26. The van der Waals surface area contributed by atoms with E-state index in [0.29, 0.717) is 12.3 Å². The first-order chi connectivity index (χ1) is 15.9. The zero-order chi connectivity index (χ0) is 25.1. The zero-order valence-corrected chi connectivity index (χ0v) is 22.4. The van der Waals surface area contributed by atoms with Crippen molar-refractivity contribution in [2.24, 2.45) is 15.6 Å². The number of carbonyl (C=O) groups excluding carboxylic acids is 1. The van der Waals surface area contributed by atoms with E-state index in [4.69, 9.17) is 4.74 Å². The molecule has 1 amide bonds. The number of halogens is 1. The van der Waals surface area contributed by atoms with Crippen LogP contribution in [0, 0.1) is 5.41 Å². The number of aromatic hydroxyl groups is 1. The minimum Gasteiger partial charge on any atom is -0.493 e. The average Bonchev–Trinajstić information content (AvgIpc) is 3.00. The number of hydrogen-bond acceptors (Lipinski definition) is 4. The fourth-order valence-electron chi connectivity index (χ4n) is 4.55. The van der Waals surface area contributed by atoms with Crippen molar-refractivity contribution >= 4 is 38.4 Å². The quantitative estimate of drug-likeness (QED) is 0.302. The van der Waals surface area contributed by atoms with Gasteiger partial charge in [0.05, 0.1) is 5.52 Å². The van der Waals surface area contributed by atoms with Gasteiger partial charge in [0.25, 0.3) is 0 Å². The highest BCUT2D eigenvalue weighted by molar-refractivity contribution is 9.10. The lowest BCUT2D eigenvalue weighted by molar-refractivity contribution is -0.120. The number of ether oxygens (including phenoxy) is 1. The molecule has 7 heteroatoms. The van der Waals surface area contributed by atoms with Gasteiger partial charge in [-0.25, -0.2) is 0 Å². The van der Waals surface area contributed by atoms with E-state index in [1.807, 2.05) is 49.4 Å². The summed E-state index contributed by atoms with van der Waals surface area (Å²) in [5.74, 6) is 0.0778. The highest BCUT2D eigenvalue weighted by atomic mass is 79.9. The molecule has 0 unspecified atom stereocenters. The Morgan fingerprint density at radius 2 is 1.76 bits per heavy atom. The maximum Gasteiger partial charge on any atom is 0.302 e. The maximum absolute atomic E-state index is 12.3. The van der Waals surface area contributed by atoms with E-state index in [0.717, 1.165) is 28.2 Å². The number of amides is 1. The molecule has 2 aromatic carbocycles. The summed E-state index contributed by atoms with van der Waals surface area (Å²) in [5.41, 5.74) is 2.61. The molecule has 0 aliphatic rings. The fourth-order valence-corrected chi connectivity index (χ4v) is 4.92. The van der Waals surface area contributed by atoms with Crippen molar-refractivity contribution in [2.75, 3.05) is 6.61 Å². The summed E-state index contributed by atoms with van der Waals surface area (Å²) in [5, 5.41) is 19.3. The third-order valence-electron chi connectivity index (χ3n) is 5.65. The van der Waals surface area contributed by atoms with Crippen LogP contribution in [0.1, 0.15) is 59.9 Å². The fraction of sp³-hybridized carbons (Fsp3) is 0.444. The second-order valence-corrected chi connectivity index (χ2v) is 11.4. The smallest absolute Gasteiger partial charge is 0.302 e. The Kier molecular flexibility index (Phi) is 7.86. The predicted molar refractivity (Wildman–Crippen MR) is 140 cm³/mol. The molecule has 34 heavy (non-hydrogen) atoms. The number of azo groups is 1. The molecule has 1 N–H and O–H groups in total. The second-order valence-electron chi connectivity index (χ2n) is 10.5. The average molecular weight is 528 g/mol. The minimum absolute atomic E-state index is 0.000814. The van der Waals surface area contributed by atoms with E-state index in [9.17, 15) is 9.90 Å². The molecule has 0 aliphatic carbocycles. The summed E-state index contributed by atoms with van der Waals surface area (Å²) in [7, 11) is 0. The largest absolute Gasteiger partial charge is 0.493 e. The van der Waals surface area contributed by atoms with Crippen molar-refractivity contribution in [1.82, 2.24) is 4.57 Å². The SMILES string of the molecule is CCCn1c(O)c(N=NC(=O)COc2ccc(C(C)(C)CC(C)(C)C)cc2)c2cc(Br)ccc21. The Hall–Kier alpha value is -2.67. The number of rotatable bonds is 8. The van der Waals surface area contributed by atoms with Gasteiger partial charge in [0.15, 0.2) is 12.3 Å². The number of fused-ring (bicyclic) bond motifs is 1. The molecular formula is C27H34BrN3O3. The Bertz CT molecular complexity index is 1190. The van der Waals surface area contributed by atoms with Crippen molar-refractivity contribution in [1.29, 1.82) is 0 Å². The molecule has 1 heterocycles. The summed E-state index contributed by atoms with van der Waals surface area (Å²) < 4.78 is 8.26. The van der Waals surface area contributed by atoms with Gasteiger partial charge in [0.1, 0.15) is 5.75 Å². The van der Waals surface area contributed by atoms with Crippen molar-refractivity contribution in [2.45, 2.75) is 66.3 Å². The molecule has 0 atom stereocenters. The highest BCUT2D eigenvalue weighted by Gasteiger charge is 2.27. The van der Waals surface area contributed by atoms with Gasteiger partial charge in [-0.05, 0) is 59.6 Å². The first-order valence-corrected chi connectivity index (χ1v) is 12.4. The summed E-state index contributed by atoms with van der Waals surface area (Å²) in [6.07, 6.45) is 1.90. The number of hydrogen-bond donors (Lipinski definition) is 1. The maximum atomic E-state index is 12.3. The lowest BCUT2D eigenvalue weighted by atomic mass is 9.72. The van der Waals surface area contributed by atoms with Crippen LogP contribution < -0.4 is 4.74 Å². The van der Waals surface area contributed by atoms with E-state index in [1.165, 1.54) is 5.56 Å². The van der Waals surface area contributed by atoms with Gasteiger partial charge in [0, 0.05) is 16.4 Å². The first-order valence-electron chi connectivity index (χ1n) is 11.6. The van der Waals surface area contributed by atoms with Crippen LogP contribution >= 0.6 is 15.9 Å². The molecule has 0 radical (unpaired) electrons. The summed E-state index contributed by atoms with van der Waals surface area (Å²) in [6.45, 7) is 13.6. The number of nitrogens with zero attached hydrogens (tertiary/aromatic N) is 3. The standard InChI is InChI=1S/C27H34BrN3O3/c1-7-14-31-22-13-10-19(28)15-21(22)24(25(31)33)30-29-23(32)16-34-20-11-8-18(9-12-20)27(5,6)17-26(2,3)4/h8-13,15,33H,7,14,16-17H2,1-6H3. The van der Waals surface area contributed by atoms with Gasteiger partial charge < -0.3 is 14.4 Å². The Labute approximate surface area is 210 Å². The summed E-state index contributed by atoms with van der Waals surface area (Å²) in [6, 6.07) is 13.5. The van der Waals surface area contributed by atoms with Gasteiger partial charge in [0.2, 0.25) is 5.88 Å². The minimum atomic E-state index is -0.525. The van der Waals surface area contributed by atoms with E-state index in [2.05, 4.69) is 60.8 Å². The van der Waals surface area contributed by atoms with Gasteiger partial charge in [-0.2, -0.15) is 0 Å². The highest BCUT2D eigenvalue weighted by Crippen LogP contribution is 2.40. The van der Waals surface area contributed by atoms with Crippen molar-refractivity contribution in [3.8, 4) is 11.6 Å². The van der Waals surface area contributed by atoms with E-state index >= 15 is 0 Å². The number of carbonyl (C=O) groups is 1. The second kappa shape index (κ2) is 10.3. The Morgan fingerprint density at radius 1 is 1.09 bits per heavy atom. The predicted octanol–water partition coefficient (Wildman–Crippen LogP) is 7.92. The molecule has 1 aromatic heterocycles. The number of aryl methyl sites for hydroxylation is 1. The van der Waals surface area contributed by atoms with E-state index in [1.54, 1.807) is 4.57 Å². The molecule has 6 nitrogen and oxygen atoms in total. The molecule has 0 spiro atoms. The van der Waals surface area contributed by atoms with Crippen LogP contribution in [0.25, 0.3) is 10.9 Å². The normalized spacial score (nSPS) is 12.6. The Morgan fingerprint density at radius 3 is 2.38 bits per heavy atom. The van der Waals surface area contributed by atoms with Crippen LogP contribution in [-0.2, 0) is 16.8 Å². The topological polar surface area (TPSA) is 76.2 Å². The molecule has 0 saturated heterocycles. The molecule has 0 saturated carbocycles. The third-order valence-corrected chi connectivity index (χ3v) is 6.14. The van der Waals surface area contributed by atoms with E-state index < -0.39 is 5.91 Å². The van der Waals surface area contributed by atoms with E-state index in [-0.39, 0.29) is 29.0 Å². The lowest BCUT2D eigenvalue weighted by Crippen LogP contribution is -2.24. The van der Waals surface area contributed by atoms with Crippen molar-refractivity contribution < 1.29 is 14.6 Å². The lowest BCUT2D eigenvalue weighted by Gasteiger charge is -2.33. The first kappa shape index (κ1) is 25.9. The molecule has 0 fully saturated rings. The summed E-state index contributed by atoms with van der Waals surface area (Å²) in [4.78, 5) is 12.3. The molecular weight excluding hydrogens is 494 g/mol. The molecule has 182 valence electrons. The van der Waals surface area contributed by atoms with Crippen LogP contribution in [0.2, 0.25) is 0 Å². The van der Waals surface area contributed by atoms with Gasteiger partial charge in [-0.1, -0.05) is 69.6 Å². The number of benzene rings is 2. The van der Waals surface area contributed by atoms with Crippen molar-refractivity contribution in [3.63, 3.8) is 0 Å². The molecule has 3 rings (SSSR count). The molecule has 0 aliphatic heterocycles. The van der Waals surface area contributed by atoms with Crippen LogP contribution in [-0.4, -0.2) is 22.2 Å². The van der Waals surface area contributed by atoms with Gasteiger partial charge in [-0.3, -0.25) is 4.79 Å². The van der Waals surface area contributed by atoms with Crippen LogP contribution in [0.3, 0.4) is 0 Å². The monoisotopic (exact) mass is 527 g/mol. The Balaban J connectivity index is 1.69. The number of aromatic nitrogens is 1. The summed E-state index contributed by atoms with van der Waals surface area (Å²) >= 11 is 3.45. The van der Waals surface area contributed by atoms with Gasteiger partial charge >= 0.3 is 5.91 Å². The zero-order valence-electron chi connectivity index (χ0n) is 20.9.